The van der Waals surface area contributed by atoms with E-state index in [4.69, 9.17) is 18.9 Å². The number of unbranched alkanes of at least 4 members (excludes halogenated alkanes) is 1. The molecule has 3 rings (SSSR count). The number of aliphatic hydroxyl groups excluding tert-OH is 1. The Morgan fingerprint density at radius 1 is 1.00 bits per heavy atom. The molecule has 0 bridgehead atoms. The number of benzene rings is 2. The van der Waals surface area contributed by atoms with Crippen molar-refractivity contribution in [2.24, 2.45) is 0 Å². The van der Waals surface area contributed by atoms with E-state index in [0.29, 0.717) is 36.7 Å². The van der Waals surface area contributed by atoms with Crippen molar-refractivity contribution in [2.75, 3.05) is 40.5 Å². The molecule has 0 aromatic heterocycles. The van der Waals surface area contributed by atoms with E-state index in [1.165, 1.54) is 32.4 Å². The van der Waals surface area contributed by atoms with E-state index >= 15 is 0 Å². The van der Waals surface area contributed by atoms with Crippen molar-refractivity contribution in [3.63, 3.8) is 0 Å². The number of carbonyl (C=O) groups excluding carboxylic acids is 2. The van der Waals surface area contributed by atoms with E-state index in [0.717, 1.165) is 6.42 Å². The number of rotatable bonds is 15. The highest BCUT2D eigenvalue weighted by atomic mass is 35.5. The van der Waals surface area contributed by atoms with Gasteiger partial charge in [-0.3, -0.25) is 10.1 Å². The molecule has 0 saturated heterocycles. The average Bonchev–Trinajstić information content (AvgIpc) is 2.99. The molecule has 43 heavy (non-hydrogen) atoms. The van der Waals surface area contributed by atoms with Crippen molar-refractivity contribution in [1.29, 1.82) is 0 Å². The van der Waals surface area contributed by atoms with Crippen LogP contribution < -0.4 is 20.1 Å². The number of non-ortho nitro benzene ring substituents is 1. The number of hydrogen-bond donors (Lipinski definition) is 3. The Morgan fingerprint density at radius 2 is 1.63 bits per heavy atom. The summed E-state index contributed by atoms with van der Waals surface area (Å²) in [6, 6.07) is 13.3. The van der Waals surface area contributed by atoms with Crippen LogP contribution in [0.4, 0.5) is 5.69 Å². The van der Waals surface area contributed by atoms with Gasteiger partial charge in [0.15, 0.2) is 0 Å². The number of nitrogens with zero attached hydrogens (tertiary/aromatic N) is 1. The molecule has 1 unspecified atom stereocenters. The molecule has 1 heterocycles. The van der Waals surface area contributed by atoms with Crippen LogP contribution in [0.1, 0.15) is 38.2 Å². The molecule has 0 saturated carbocycles. The van der Waals surface area contributed by atoms with Crippen LogP contribution in [0.25, 0.3) is 0 Å². The molecule has 1 aliphatic rings. The zero-order valence-electron chi connectivity index (χ0n) is 24.6. The van der Waals surface area contributed by atoms with Gasteiger partial charge < -0.3 is 34.7 Å². The number of dihydropyridines is 1. The molecule has 3 N–H and O–H groups in total. The highest BCUT2D eigenvalue weighted by Gasteiger charge is 2.39. The van der Waals surface area contributed by atoms with Crippen LogP contribution in [-0.2, 0) is 19.1 Å². The predicted molar refractivity (Wildman–Crippen MR) is 161 cm³/mol. The number of halogens is 1. The third kappa shape index (κ3) is 9.43. The quantitative estimate of drug-likeness (QED) is 0.115. The molecule has 234 valence electrons. The van der Waals surface area contributed by atoms with Crippen LogP contribution in [0.2, 0.25) is 0 Å². The zero-order valence-corrected chi connectivity index (χ0v) is 25.4. The number of ether oxygens (including phenoxy) is 4. The summed E-state index contributed by atoms with van der Waals surface area (Å²) in [6.45, 7) is 4.74. The second kappa shape index (κ2) is 17.1. The number of nitro groups is 1. The van der Waals surface area contributed by atoms with Crippen LogP contribution in [0, 0.1) is 10.1 Å². The molecule has 0 fully saturated rings. The Morgan fingerprint density at radius 3 is 2.21 bits per heavy atom. The van der Waals surface area contributed by atoms with Gasteiger partial charge in [0.25, 0.3) is 5.69 Å². The van der Waals surface area contributed by atoms with Gasteiger partial charge in [-0.05, 0) is 51.4 Å². The fourth-order valence-electron chi connectivity index (χ4n) is 4.64. The number of hydrogen-bond acceptors (Lipinski definition) is 11. The summed E-state index contributed by atoms with van der Waals surface area (Å²) in [5.74, 6) is -1.44. The summed E-state index contributed by atoms with van der Waals surface area (Å²) >= 11 is 0. The van der Waals surface area contributed by atoms with Gasteiger partial charge in [-0.2, -0.15) is 0 Å². The lowest BCUT2D eigenvalue weighted by Crippen LogP contribution is -2.32. The number of carbonyl (C=O) groups is 2. The van der Waals surface area contributed by atoms with Gasteiger partial charge in [0.05, 0.1) is 42.8 Å². The number of esters is 2. The van der Waals surface area contributed by atoms with Crippen LogP contribution >= 0.6 is 12.4 Å². The molecule has 1 aliphatic heterocycles. The number of methoxy groups -OCH3 is 2. The third-order valence-corrected chi connectivity index (χ3v) is 6.66. The van der Waals surface area contributed by atoms with Crippen LogP contribution in [0.3, 0.4) is 0 Å². The minimum absolute atomic E-state index is 0. The van der Waals surface area contributed by atoms with Crippen LogP contribution in [0.15, 0.2) is 71.1 Å². The van der Waals surface area contributed by atoms with Crippen molar-refractivity contribution >= 4 is 30.0 Å². The van der Waals surface area contributed by atoms with Crippen LogP contribution in [-0.4, -0.2) is 68.6 Å². The monoisotopic (exact) mass is 619 g/mol. The van der Waals surface area contributed by atoms with Gasteiger partial charge in [0.1, 0.15) is 24.2 Å². The Kier molecular flexibility index (Phi) is 13.9. The molecule has 2 aromatic rings. The minimum atomic E-state index is -1.03. The summed E-state index contributed by atoms with van der Waals surface area (Å²) in [4.78, 5) is 36.8. The van der Waals surface area contributed by atoms with Crippen molar-refractivity contribution in [2.45, 2.75) is 38.7 Å². The van der Waals surface area contributed by atoms with Crippen LogP contribution in [0.5, 0.6) is 11.5 Å². The van der Waals surface area contributed by atoms with E-state index in [2.05, 4.69) is 10.6 Å². The average molecular weight is 620 g/mol. The van der Waals surface area contributed by atoms with Gasteiger partial charge in [-0.15, -0.1) is 12.4 Å². The SMILES string of the molecule is COC(=O)C1=C(C)NC(C)=C(C(=O)OC)C1c1cc([N+](=O)[O-])ccc1OCCCCNCC(O)COc1ccccc1.Cl. The fraction of sp³-hybridized carbons (Fsp3) is 0.400. The number of aliphatic hydroxyl groups is 1. The molecule has 1 atom stereocenters. The largest absolute Gasteiger partial charge is 0.493 e. The number of allylic oxidation sites excluding steroid dienone is 2. The standard InChI is InChI=1S/C30H37N3O9.ClH/c1-19-26(29(35)39-3)28(27(20(2)32-19)30(36)40-4)24-16-21(33(37)38)12-13-25(24)41-15-9-8-14-31-17-22(34)18-42-23-10-6-5-7-11-23;/h5-7,10-13,16,22,28,31-32,34H,8-9,14-15,17-18H2,1-4H3;1H. The lowest BCUT2D eigenvalue weighted by molar-refractivity contribution is -0.384. The molecule has 13 heteroatoms. The maximum Gasteiger partial charge on any atom is 0.336 e. The van der Waals surface area contributed by atoms with Gasteiger partial charge in [-0.1, -0.05) is 18.2 Å². The first-order valence-corrected chi connectivity index (χ1v) is 13.5. The Hall–Kier alpha value is -4.13. The van der Waals surface area contributed by atoms with Gasteiger partial charge in [0, 0.05) is 35.6 Å². The van der Waals surface area contributed by atoms with E-state index in [9.17, 15) is 24.8 Å². The maximum absolute atomic E-state index is 12.9. The summed E-state index contributed by atoms with van der Waals surface area (Å²) < 4.78 is 21.6. The number of para-hydroxylation sites is 1. The predicted octanol–water partition coefficient (Wildman–Crippen LogP) is 3.79. The highest BCUT2D eigenvalue weighted by molar-refractivity contribution is 6.00. The number of nitro benzene ring substituents is 1. The minimum Gasteiger partial charge on any atom is -0.493 e. The first kappa shape index (κ1) is 35.1. The summed E-state index contributed by atoms with van der Waals surface area (Å²) in [7, 11) is 2.44. The second-order valence-corrected chi connectivity index (χ2v) is 9.64. The molecule has 0 radical (unpaired) electrons. The Labute approximate surface area is 256 Å². The van der Waals surface area contributed by atoms with E-state index in [-0.39, 0.29) is 53.8 Å². The van der Waals surface area contributed by atoms with Gasteiger partial charge in [-0.25, -0.2) is 9.59 Å². The van der Waals surface area contributed by atoms with Crippen molar-refractivity contribution in [3.05, 3.63) is 86.7 Å². The van der Waals surface area contributed by atoms with E-state index in [1.807, 2.05) is 30.3 Å². The Balaban J connectivity index is 0.00000645. The highest BCUT2D eigenvalue weighted by Crippen LogP contribution is 2.44. The number of nitrogens with one attached hydrogen (secondary N) is 2. The molecule has 12 nitrogen and oxygen atoms in total. The lowest BCUT2D eigenvalue weighted by atomic mass is 9.80. The van der Waals surface area contributed by atoms with Gasteiger partial charge >= 0.3 is 11.9 Å². The topological polar surface area (TPSA) is 158 Å². The van der Waals surface area contributed by atoms with Gasteiger partial charge in [0.2, 0.25) is 0 Å². The lowest BCUT2D eigenvalue weighted by Gasteiger charge is -2.30. The maximum atomic E-state index is 12.9. The molecule has 0 amide bonds. The first-order valence-electron chi connectivity index (χ1n) is 13.5. The third-order valence-electron chi connectivity index (χ3n) is 6.66. The van der Waals surface area contributed by atoms with Crippen molar-refractivity contribution < 1.29 is 38.6 Å². The zero-order chi connectivity index (χ0) is 30.6. The molecule has 0 aliphatic carbocycles. The summed E-state index contributed by atoms with van der Waals surface area (Å²) in [5.41, 5.74) is 1.16. The first-order chi connectivity index (χ1) is 20.2. The van der Waals surface area contributed by atoms with Crippen molar-refractivity contribution in [1.82, 2.24) is 10.6 Å². The molecular weight excluding hydrogens is 582 g/mol. The summed E-state index contributed by atoms with van der Waals surface area (Å²) in [5, 5.41) is 28.0. The Bertz CT molecular complexity index is 1290. The van der Waals surface area contributed by atoms with E-state index < -0.39 is 28.9 Å². The summed E-state index contributed by atoms with van der Waals surface area (Å²) in [6.07, 6.45) is 0.681. The normalized spacial score (nSPS) is 13.9. The molecular formula is C30H38ClN3O9. The smallest absolute Gasteiger partial charge is 0.336 e. The van der Waals surface area contributed by atoms with E-state index in [1.54, 1.807) is 13.8 Å². The second-order valence-electron chi connectivity index (χ2n) is 9.64. The molecule has 2 aromatic carbocycles. The fourth-order valence-corrected chi connectivity index (χ4v) is 4.64. The molecule has 0 spiro atoms. The van der Waals surface area contributed by atoms with Crippen molar-refractivity contribution in [3.8, 4) is 11.5 Å².